The zero-order valence-electron chi connectivity index (χ0n) is 17.5. The summed E-state index contributed by atoms with van der Waals surface area (Å²) in [4.78, 5) is 22.2. The summed E-state index contributed by atoms with van der Waals surface area (Å²) in [6, 6.07) is 10.7. The third kappa shape index (κ3) is 3.99. The number of aromatic amines is 2. The van der Waals surface area contributed by atoms with Crippen LogP contribution in [0.25, 0.3) is 10.9 Å². The van der Waals surface area contributed by atoms with Crippen molar-refractivity contribution in [3.63, 3.8) is 0 Å². The summed E-state index contributed by atoms with van der Waals surface area (Å²) in [5.41, 5.74) is 1.54. The molecule has 3 aromatic heterocycles. The molecule has 2 aliphatic heterocycles. The first-order valence-electron chi connectivity index (χ1n) is 10.8. The highest BCUT2D eigenvalue weighted by molar-refractivity contribution is 5.91. The summed E-state index contributed by atoms with van der Waals surface area (Å²) >= 11 is 0. The number of nitrogens with zero attached hydrogens (tertiary/aromatic N) is 4. The molecule has 4 N–H and O–H groups in total. The maximum atomic E-state index is 11.9. The second-order valence-corrected chi connectivity index (χ2v) is 8.54. The van der Waals surface area contributed by atoms with Gasteiger partial charge < -0.3 is 15.6 Å². The van der Waals surface area contributed by atoms with Crippen molar-refractivity contribution in [1.29, 1.82) is 5.26 Å². The standard InChI is InChI=1S/C22H26N8O/c1-13-9-20(29-28-13)26-19-12-18-17(5-6-21(31)25-18)22(27-19)24-14-10-15-3-4-16(11-14)30(15)8-2-7-23/h5-6,9,12,14-16H,2-4,8,10-11H2,1H3,(H,25,31)(H3,24,26,27,28,29)/t14?,15-,16?/m0/s1. The van der Waals surface area contributed by atoms with E-state index in [0.29, 0.717) is 36.2 Å². The molecule has 2 bridgehead atoms. The van der Waals surface area contributed by atoms with Crippen LogP contribution in [0.5, 0.6) is 0 Å². The summed E-state index contributed by atoms with van der Waals surface area (Å²) in [6.07, 6.45) is 5.03. The van der Waals surface area contributed by atoms with Crippen molar-refractivity contribution in [2.24, 2.45) is 0 Å². The SMILES string of the molecule is Cc1cc(Nc2cc3[nH]c(=O)ccc3c(NC3CC4CC[C@@H](C3)N4CCC#N)n2)n[nH]1. The smallest absolute Gasteiger partial charge is 0.248 e. The Bertz CT molecular complexity index is 1180. The van der Waals surface area contributed by atoms with Gasteiger partial charge >= 0.3 is 0 Å². The highest BCUT2D eigenvalue weighted by Gasteiger charge is 2.40. The van der Waals surface area contributed by atoms with Gasteiger partial charge in [0.05, 0.1) is 11.6 Å². The van der Waals surface area contributed by atoms with Gasteiger partial charge in [0.15, 0.2) is 5.82 Å². The molecule has 3 aromatic rings. The van der Waals surface area contributed by atoms with E-state index in [4.69, 9.17) is 10.2 Å². The van der Waals surface area contributed by atoms with E-state index in [9.17, 15) is 4.79 Å². The molecule has 3 atom stereocenters. The lowest BCUT2D eigenvalue weighted by Gasteiger charge is -2.39. The molecule has 0 aromatic carbocycles. The van der Waals surface area contributed by atoms with Gasteiger partial charge in [0.1, 0.15) is 11.6 Å². The number of pyridine rings is 2. The molecule has 2 saturated heterocycles. The zero-order valence-corrected chi connectivity index (χ0v) is 17.5. The predicted octanol–water partition coefficient (Wildman–Crippen LogP) is 3.02. The molecule has 9 nitrogen and oxygen atoms in total. The van der Waals surface area contributed by atoms with Gasteiger partial charge in [0.2, 0.25) is 5.56 Å². The van der Waals surface area contributed by atoms with Crippen LogP contribution in [-0.4, -0.2) is 49.7 Å². The summed E-state index contributed by atoms with van der Waals surface area (Å²) in [5, 5.41) is 23.9. The minimum absolute atomic E-state index is 0.143. The Kier molecular flexibility index (Phi) is 5.08. The monoisotopic (exact) mass is 418 g/mol. The highest BCUT2D eigenvalue weighted by Crippen LogP contribution is 2.37. The Labute approximate surface area is 179 Å². The van der Waals surface area contributed by atoms with Crippen molar-refractivity contribution in [3.8, 4) is 6.07 Å². The molecule has 5 rings (SSSR count). The quantitative estimate of drug-likeness (QED) is 0.485. The molecule has 0 aliphatic carbocycles. The third-order valence-electron chi connectivity index (χ3n) is 6.39. The number of nitriles is 1. The maximum Gasteiger partial charge on any atom is 0.248 e. The number of nitrogens with one attached hydrogen (secondary N) is 4. The topological polar surface area (TPSA) is 126 Å². The second kappa shape index (κ2) is 8.04. The van der Waals surface area contributed by atoms with Gasteiger partial charge in [-0.25, -0.2) is 4.98 Å². The highest BCUT2D eigenvalue weighted by atomic mass is 16.1. The van der Waals surface area contributed by atoms with Crippen molar-refractivity contribution in [2.45, 2.75) is 57.2 Å². The van der Waals surface area contributed by atoms with E-state index in [2.05, 4.69) is 36.8 Å². The van der Waals surface area contributed by atoms with Gasteiger partial charge in [-0.05, 0) is 38.7 Å². The van der Waals surface area contributed by atoms with E-state index in [-0.39, 0.29) is 5.56 Å². The number of hydrogen-bond acceptors (Lipinski definition) is 7. The van der Waals surface area contributed by atoms with E-state index in [0.717, 1.165) is 41.8 Å². The summed E-state index contributed by atoms with van der Waals surface area (Å²) in [6.45, 7) is 2.80. The van der Waals surface area contributed by atoms with Crippen LogP contribution >= 0.6 is 0 Å². The first-order valence-corrected chi connectivity index (χ1v) is 10.8. The number of aromatic nitrogens is 4. The predicted molar refractivity (Wildman–Crippen MR) is 119 cm³/mol. The zero-order chi connectivity index (χ0) is 21.4. The Balaban J connectivity index is 1.41. The summed E-state index contributed by atoms with van der Waals surface area (Å²) < 4.78 is 0. The fraction of sp³-hybridized carbons (Fsp3) is 0.455. The lowest BCUT2D eigenvalue weighted by molar-refractivity contribution is 0.136. The Morgan fingerprint density at radius 3 is 2.74 bits per heavy atom. The molecule has 5 heterocycles. The fourth-order valence-corrected chi connectivity index (χ4v) is 5.08. The van der Waals surface area contributed by atoms with Gasteiger partial charge in [-0.2, -0.15) is 10.4 Å². The number of hydrogen-bond donors (Lipinski definition) is 4. The molecular formula is C22H26N8O. The molecule has 9 heteroatoms. The van der Waals surface area contributed by atoms with Crippen molar-refractivity contribution >= 4 is 28.4 Å². The molecule has 2 aliphatic rings. The maximum absolute atomic E-state index is 11.9. The Morgan fingerprint density at radius 2 is 2.03 bits per heavy atom. The first-order chi connectivity index (χ1) is 15.1. The molecular weight excluding hydrogens is 392 g/mol. The number of rotatable bonds is 6. The van der Waals surface area contributed by atoms with Crippen LogP contribution in [-0.2, 0) is 0 Å². The van der Waals surface area contributed by atoms with Crippen LogP contribution in [0.2, 0.25) is 0 Å². The van der Waals surface area contributed by atoms with Gasteiger partial charge in [-0.15, -0.1) is 0 Å². The van der Waals surface area contributed by atoms with Crippen molar-refractivity contribution in [3.05, 3.63) is 40.3 Å². The van der Waals surface area contributed by atoms with Crippen molar-refractivity contribution in [2.75, 3.05) is 17.2 Å². The lowest BCUT2D eigenvalue weighted by atomic mass is 9.97. The molecule has 2 fully saturated rings. The normalized spacial score (nSPS) is 23.0. The number of H-pyrrole nitrogens is 2. The number of fused-ring (bicyclic) bond motifs is 3. The van der Waals surface area contributed by atoms with Crippen molar-refractivity contribution in [1.82, 2.24) is 25.1 Å². The fourth-order valence-electron chi connectivity index (χ4n) is 5.08. The van der Waals surface area contributed by atoms with E-state index >= 15 is 0 Å². The van der Waals surface area contributed by atoms with Crippen LogP contribution in [0.4, 0.5) is 17.5 Å². The van der Waals surface area contributed by atoms with Crippen LogP contribution in [0.3, 0.4) is 0 Å². The van der Waals surface area contributed by atoms with E-state index in [1.165, 1.54) is 18.9 Å². The molecule has 160 valence electrons. The lowest BCUT2D eigenvalue weighted by Crippen LogP contribution is -2.47. The molecule has 0 radical (unpaired) electrons. The Morgan fingerprint density at radius 1 is 1.23 bits per heavy atom. The number of aryl methyl sites for hydroxylation is 1. The van der Waals surface area contributed by atoms with Crippen LogP contribution in [0.15, 0.2) is 29.1 Å². The minimum Gasteiger partial charge on any atom is -0.367 e. The van der Waals surface area contributed by atoms with Gasteiger partial charge in [-0.3, -0.25) is 14.8 Å². The summed E-state index contributed by atoms with van der Waals surface area (Å²) in [7, 11) is 0. The van der Waals surface area contributed by atoms with Crippen molar-refractivity contribution < 1.29 is 0 Å². The molecule has 31 heavy (non-hydrogen) atoms. The van der Waals surface area contributed by atoms with E-state index in [1.807, 2.05) is 25.1 Å². The molecule has 0 spiro atoms. The Hall–Kier alpha value is -3.38. The van der Waals surface area contributed by atoms with E-state index < -0.39 is 0 Å². The third-order valence-corrected chi connectivity index (χ3v) is 6.39. The van der Waals surface area contributed by atoms with Gasteiger partial charge in [0, 0.05) is 60.4 Å². The average molecular weight is 419 g/mol. The molecule has 0 amide bonds. The minimum atomic E-state index is -0.143. The van der Waals surface area contributed by atoms with E-state index in [1.54, 1.807) is 0 Å². The second-order valence-electron chi connectivity index (χ2n) is 8.54. The average Bonchev–Trinajstić information content (AvgIpc) is 3.25. The van der Waals surface area contributed by atoms with Crippen LogP contribution in [0, 0.1) is 18.3 Å². The van der Waals surface area contributed by atoms with Crippen LogP contribution < -0.4 is 16.2 Å². The molecule has 2 unspecified atom stereocenters. The first kappa shape index (κ1) is 19.6. The van der Waals surface area contributed by atoms with Crippen LogP contribution in [0.1, 0.15) is 37.8 Å². The summed E-state index contributed by atoms with van der Waals surface area (Å²) in [5.74, 6) is 2.06. The number of piperidine rings is 1. The van der Waals surface area contributed by atoms with Gasteiger partial charge in [0.25, 0.3) is 0 Å². The molecule has 0 saturated carbocycles. The largest absolute Gasteiger partial charge is 0.367 e. The van der Waals surface area contributed by atoms with Gasteiger partial charge in [-0.1, -0.05) is 0 Å². The number of anilines is 3.